The summed E-state index contributed by atoms with van der Waals surface area (Å²) in [6.07, 6.45) is 1.99. The predicted octanol–water partition coefficient (Wildman–Crippen LogP) is 3.40. The summed E-state index contributed by atoms with van der Waals surface area (Å²) in [5, 5.41) is 0.822. The van der Waals surface area contributed by atoms with E-state index < -0.39 is 0 Å². The normalized spacial score (nSPS) is 10.5. The molecule has 2 rings (SSSR count). The Morgan fingerprint density at radius 2 is 1.39 bits per heavy atom. The molecule has 0 atom stereocenters. The van der Waals surface area contributed by atoms with Crippen molar-refractivity contribution in [2.24, 2.45) is 0 Å². The van der Waals surface area contributed by atoms with Crippen LogP contribution in [0.3, 0.4) is 0 Å². The fourth-order valence-electron chi connectivity index (χ4n) is 1.80. The average Bonchev–Trinajstić information content (AvgIpc) is 2.46. The quantitative estimate of drug-likeness (QED) is 0.768. The van der Waals surface area contributed by atoms with E-state index in [1.54, 1.807) is 7.11 Å². The zero-order chi connectivity index (χ0) is 12.8. The first-order chi connectivity index (χ1) is 8.81. The van der Waals surface area contributed by atoms with Gasteiger partial charge in [-0.3, -0.25) is 4.57 Å². The lowest BCUT2D eigenvalue weighted by atomic mass is 10.0. The van der Waals surface area contributed by atoms with Crippen molar-refractivity contribution < 1.29 is 9.30 Å². The molecular weight excluding hydrogens is 243 g/mol. The molecule has 18 heavy (non-hydrogen) atoms. The molecule has 0 aromatic heterocycles. The second-order valence-electron chi connectivity index (χ2n) is 4.11. The van der Waals surface area contributed by atoms with Crippen molar-refractivity contribution in [1.82, 2.24) is 0 Å². The maximum Gasteiger partial charge on any atom is 0.192 e. The summed E-state index contributed by atoms with van der Waals surface area (Å²) >= 11 is 0. The molecule has 0 aliphatic carbocycles. The molecule has 0 fully saturated rings. The highest BCUT2D eigenvalue weighted by Crippen LogP contribution is 2.13. The fraction of sp³-hybridized carbons (Fsp3) is 0.200. The van der Waals surface area contributed by atoms with Gasteiger partial charge in [0.15, 0.2) is 8.46 Å². The molecule has 92 valence electrons. The summed E-state index contributed by atoms with van der Waals surface area (Å²) in [5.41, 5.74) is 2.56. The molecule has 0 heterocycles. The first kappa shape index (κ1) is 12.8. The van der Waals surface area contributed by atoms with Gasteiger partial charge in [-0.2, -0.15) is 0 Å². The van der Waals surface area contributed by atoms with Gasteiger partial charge in [0.05, 0.1) is 7.11 Å². The van der Waals surface area contributed by atoms with Crippen LogP contribution in [0.15, 0.2) is 48.5 Å². The molecule has 2 nitrogen and oxygen atoms in total. The minimum Gasteiger partial charge on any atom is -0.497 e. The van der Waals surface area contributed by atoms with Crippen LogP contribution in [0.2, 0.25) is 0 Å². The average molecular weight is 258 g/mol. The van der Waals surface area contributed by atoms with Gasteiger partial charge in [-0.05, 0) is 48.2 Å². The molecule has 0 unspecified atom stereocenters. The summed E-state index contributed by atoms with van der Waals surface area (Å²) in [5.74, 6) is 0.887. The molecule has 0 amide bonds. The second kappa shape index (κ2) is 6.32. The molecule has 0 aliphatic heterocycles. The van der Waals surface area contributed by atoms with E-state index in [2.05, 4.69) is 12.1 Å². The smallest absolute Gasteiger partial charge is 0.192 e. The maximum absolute atomic E-state index is 10.6. The molecule has 0 saturated heterocycles. The van der Waals surface area contributed by atoms with E-state index in [-0.39, 0.29) is 8.46 Å². The van der Waals surface area contributed by atoms with Crippen molar-refractivity contribution in [1.29, 1.82) is 0 Å². The van der Waals surface area contributed by atoms with Gasteiger partial charge in [0.2, 0.25) is 0 Å². The topological polar surface area (TPSA) is 26.3 Å². The van der Waals surface area contributed by atoms with Gasteiger partial charge >= 0.3 is 0 Å². The van der Waals surface area contributed by atoms with E-state index in [0.717, 1.165) is 23.9 Å². The van der Waals surface area contributed by atoms with Crippen LogP contribution in [0.1, 0.15) is 11.1 Å². The zero-order valence-corrected chi connectivity index (χ0v) is 11.2. The number of rotatable bonds is 5. The molecule has 2 aromatic carbocycles. The Kier molecular flexibility index (Phi) is 4.49. The van der Waals surface area contributed by atoms with Crippen molar-refractivity contribution in [3.8, 4) is 5.75 Å². The third-order valence-corrected chi connectivity index (χ3v) is 3.41. The van der Waals surface area contributed by atoms with Crippen LogP contribution in [-0.2, 0) is 17.4 Å². The van der Waals surface area contributed by atoms with Crippen LogP contribution < -0.4 is 10.0 Å². The highest BCUT2D eigenvalue weighted by atomic mass is 31.1. The Balaban J connectivity index is 1.95. The molecule has 0 radical (unpaired) electrons. The molecule has 0 N–H and O–H groups in total. The molecule has 0 bridgehead atoms. The van der Waals surface area contributed by atoms with Crippen molar-refractivity contribution in [2.45, 2.75) is 12.8 Å². The summed E-state index contributed by atoms with van der Waals surface area (Å²) in [6.45, 7) is 0. The van der Waals surface area contributed by atoms with Crippen LogP contribution >= 0.6 is 8.46 Å². The van der Waals surface area contributed by atoms with Gasteiger partial charge in [-0.25, -0.2) is 0 Å². The van der Waals surface area contributed by atoms with Crippen molar-refractivity contribution in [2.75, 3.05) is 7.11 Å². The Labute approximate surface area is 109 Å². The summed E-state index contributed by atoms with van der Waals surface area (Å²) in [7, 11) is 1.76. The van der Waals surface area contributed by atoms with Gasteiger partial charge in [0, 0.05) is 5.30 Å². The first-order valence-electron chi connectivity index (χ1n) is 5.87. The third-order valence-electron chi connectivity index (χ3n) is 2.90. The highest BCUT2D eigenvalue weighted by Gasteiger charge is 1.98. The zero-order valence-electron chi connectivity index (χ0n) is 10.3. The van der Waals surface area contributed by atoms with Gasteiger partial charge in [-0.15, -0.1) is 0 Å². The second-order valence-corrected chi connectivity index (χ2v) is 4.80. The van der Waals surface area contributed by atoms with Crippen LogP contribution in [-0.4, -0.2) is 7.11 Å². The van der Waals surface area contributed by atoms with E-state index in [4.69, 9.17) is 4.74 Å². The SMILES string of the molecule is COc1ccc(CCc2ccc(P=O)cc2)cc1. The molecule has 2 aromatic rings. The predicted molar refractivity (Wildman–Crippen MR) is 74.1 cm³/mol. The number of hydrogen-bond acceptors (Lipinski definition) is 2. The standard InChI is InChI=1S/C15H15O2P/c1-17-14-8-4-12(5-9-14)2-3-13-6-10-15(18-16)11-7-13/h4-11H,2-3H2,1H3. The number of hydrogen-bond donors (Lipinski definition) is 0. The number of methoxy groups -OCH3 is 1. The Morgan fingerprint density at radius 3 is 1.83 bits per heavy atom. The van der Waals surface area contributed by atoms with E-state index >= 15 is 0 Å². The minimum atomic E-state index is 0.0840. The van der Waals surface area contributed by atoms with E-state index in [9.17, 15) is 4.57 Å². The lowest BCUT2D eigenvalue weighted by molar-refractivity contribution is 0.414. The van der Waals surface area contributed by atoms with E-state index in [0.29, 0.717) is 0 Å². The maximum atomic E-state index is 10.6. The Hall–Kier alpha value is -1.66. The van der Waals surface area contributed by atoms with Crippen LogP contribution in [0.4, 0.5) is 0 Å². The largest absolute Gasteiger partial charge is 0.497 e. The van der Waals surface area contributed by atoms with Crippen LogP contribution in [0, 0.1) is 0 Å². The van der Waals surface area contributed by atoms with Crippen molar-refractivity contribution in [3.63, 3.8) is 0 Å². The monoisotopic (exact) mass is 258 g/mol. The van der Waals surface area contributed by atoms with Crippen LogP contribution in [0.25, 0.3) is 0 Å². The molecule has 3 heteroatoms. The van der Waals surface area contributed by atoms with E-state index in [1.807, 2.05) is 36.4 Å². The van der Waals surface area contributed by atoms with E-state index in [1.165, 1.54) is 11.1 Å². The summed E-state index contributed by atoms with van der Waals surface area (Å²) < 4.78 is 15.8. The first-order valence-corrected chi connectivity index (χ1v) is 6.68. The highest BCUT2D eigenvalue weighted by molar-refractivity contribution is 7.34. The summed E-state index contributed by atoms with van der Waals surface area (Å²) in [4.78, 5) is 0. The molecule has 0 aliphatic rings. The Bertz CT molecular complexity index is 503. The van der Waals surface area contributed by atoms with Crippen molar-refractivity contribution >= 4 is 13.8 Å². The molecule has 0 spiro atoms. The van der Waals surface area contributed by atoms with Gasteiger partial charge in [0.25, 0.3) is 0 Å². The van der Waals surface area contributed by atoms with Gasteiger partial charge < -0.3 is 4.74 Å². The number of ether oxygens (including phenoxy) is 1. The summed E-state index contributed by atoms with van der Waals surface area (Å²) in [6, 6.07) is 16.0. The molecule has 0 saturated carbocycles. The third kappa shape index (κ3) is 3.41. The minimum absolute atomic E-state index is 0.0840. The lowest BCUT2D eigenvalue weighted by Gasteiger charge is -2.04. The van der Waals surface area contributed by atoms with Crippen molar-refractivity contribution in [3.05, 3.63) is 59.7 Å². The number of aryl methyl sites for hydroxylation is 2. The fourth-order valence-corrected chi connectivity index (χ4v) is 2.08. The van der Waals surface area contributed by atoms with Crippen LogP contribution in [0.5, 0.6) is 5.75 Å². The lowest BCUT2D eigenvalue weighted by Crippen LogP contribution is -1.95. The Morgan fingerprint density at radius 1 is 0.889 bits per heavy atom. The molecular formula is C15H15O2P. The number of benzene rings is 2. The van der Waals surface area contributed by atoms with Gasteiger partial charge in [-0.1, -0.05) is 24.3 Å². The van der Waals surface area contributed by atoms with Gasteiger partial charge in [0.1, 0.15) is 5.75 Å².